The second-order valence-corrected chi connectivity index (χ2v) is 9.53. The molecule has 2 heterocycles. The van der Waals surface area contributed by atoms with Crippen LogP contribution in [-0.4, -0.2) is 21.6 Å². The van der Waals surface area contributed by atoms with Gasteiger partial charge in [-0.15, -0.1) is 11.3 Å². The molecule has 0 spiro atoms. The maximum absolute atomic E-state index is 12.5. The number of nitrogens with one attached hydrogen (secondary N) is 1. The van der Waals surface area contributed by atoms with Gasteiger partial charge in [0, 0.05) is 21.2 Å². The highest BCUT2D eigenvalue weighted by molar-refractivity contribution is 7.99. The van der Waals surface area contributed by atoms with Gasteiger partial charge in [-0.2, -0.15) is 5.26 Å². The number of amides is 1. The Morgan fingerprint density at radius 1 is 1.27 bits per heavy atom. The van der Waals surface area contributed by atoms with E-state index in [1.165, 1.54) is 28.0 Å². The van der Waals surface area contributed by atoms with Crippen LogP contribution in [0.4, 0.5) is 5.00 Å². The molecule has 0 bridgehead atoms. The first-order valence-electron chi connectivity index (χ1n) is 9.62. The Bertz CT molecular complexity index is 1140. The molecule has 152 valence electrons. The zero-order chi connectivity index (χ0) is 21.1. The standard InChI is InChI=1S/C22H19ClN4OS2/c1-13-10-18(14-6-8-15(23)9-7-14)26-22(25-13)29-12-20(28)27-21-17(11-24)16-4-2-3-5-19(16)30-21/h6-10H,2-5,12H2,1H3,(H,27,28). The van der Waals surface area contributed by atoms with E-state index in [0.29, 0.717) is 20.7 Å². The lowest BCUT2D eigenvalue weighted by molar-refractivity contribution is -0.113. The topological polar surface area (TPSA) is 78.7 Å². The fourth-order valence-corrected chi connectivity index (χ4v) is 5.53. The molecule has 1 amide bonds. The van der Waals surface area contributed by atoms with E-state index in [9.17, 15) is 10.1 Å². The highest BCUT2D eigenvalue weighted by Gasteiger charge is 2.22. The van der Waals surface area contributed by atoms with E-state index < -0.39 is 0 Å². The number of hydrogen-bond acceptors (Lipinski definition) is 6. The van der Waals surface area contributed by atoms with Crippen LogP contribution in [0.15, 0.2) is 35.5 Å². The fourth-order valence-electron chi connectivity index (χ4n) is 3.44. The number of nitriles is 1. The second kappa shape index (κ2) is 9.17. The number of aryl methyl sites for hydroxylation is 2. The molecule has 8 heteroatoms. The summed E-state index contributed by atoms with van der Waals surface area (Å²) in [5, 5.41) is 14.3. The zero-order valence-electron chi connectivity index (χ0n) is 16.4. The number of carbonyl (C=O) groups is 1. The first kappa shape index (κ1) is 20.9. The van der Waals surface area contributed by atoms with Crippen LogP contribution in [-0.2, 0) is 17.6 Å². The van der Waals surface area contributed by atoms with Gasteiger partial charge < -0.3 is 5.32 Å². The van der Waals surface area contributed by atoms with E-state index in [-0.39, 0.29) is 11.7 Å². The largest absolute Gasteiger partial charge is 0.316 e. The van der Waals surface area contributed by atoms with Gasteiger partial charge in [-0.25, -0.2) is 9.97 Å². The van der Waals surface area contributed by atoms with Crippen LogP contribution < -0.4 is 5.32 Å². The number of halogens is 1. The van der Waals surface area contributed by atoms with Gasteiger partial charge in [0.25, 0.3) is 0 Å². The molecule has 0 radical (unpaired) electrons. The Balaban J connectivity index is 1.45. The summed E-state index contributed by atoms with van der Waals surface area (Å²) in [4.78, 5) is 22.8. The summed E-state index contributed by atoms with van der Waals surface area (Å²) < 4.78 is 0. The summed E-state index contributed by atoms with van der Waals surface area (Å²) in [5.74, 6) is 0.0185. The van der Waals surface area contributed by atoms with Crippen molar-refractivity contribution in [1.29, 1.82) is 5.26 Å². The molecule has 1 aromatic carbocycles. The van der Waals surface area contributed by atoms with Gasteiger partial charge >= 0.3 is 0 Å². The third-order valence-corrected chi connectivity index (χ3v) is 7.15. The summed E-state index contributed by atoms with van der Waals surface area (Å²) >= 11 is 8.78. The number of aromatic nitrogens is 2. The zero-order valence-corrected chi connectivity index (χ0v) is 18.8. The molecule has 1 N–H and O–H groups in total. The third-order valence-electron chi connectivity index (χ3n) is 4.84. The number of thiophene rings is 1. The average molecular weight is 455 g/mol. The van der Waals surface area contributed by atoms with E-state index in [1.807, 2.05) is 37.3 Å². The monoisotopic (exact) mass is 454 g/mol. The molecule has 3 aromatic rings. The summed E-state index contributed by atoms with van der Waals surface area (Å²) in [5.41, 5.74) is 4.31. The number of anilines is 1. The molecular weight excluding hydrogens is 436 g/mol. The summed E-state index contributed by atoms with van der Waals surface area (Å²) in [6, 6.07) is 11.6. The lowest BCUT2D eigenvalue weighted by atomic mass is 9.96. The van der Waals surface area contributed by atoms with Crippen LogP contribution in [0.2, 0.25) is 5.02 Å². The molecule has 0 aliphatic heterocycles. The third kappa shape index (κ3) is 4.67. The molecule has 30 heavy (non-hydrogen) atoms. The highest BCUT2D eigenvalue weighted by atomic mass is 35.5. The van der Waals surface area contributed by atoms with Gasteiger partial charge in [0.1, 0.15) is 11.1 Å². The van der Waals surface area contributed by atoms with E-state index in [1.54, 1.807) is 0 Å². The molecule has 1 aliphatic rings. The quantitative estimate of drug-likeness (QED) is 0.398. The van der Waals surface area contributed by atoms with Crippen LogP contribution in [0, 0.1) is 18.3 Å². The van der Waals surface area contributed by atoms with Crippen molar-refractivity contribution in [2.45, 2.75) is 37.8 Å². The number of fused-ring (bicyclic) bond motifs is 1. The SMILES string of the molecule is Cc1cc(-c2ccc(Cl)cc2)nc(SCC(=O)Nc2sc3c(c2C#N)CCCC3)n1. The normalized spacial score (nSPS) is 12.8. The minimum Gasteiger partial charge on any atom is -0.316 e. The number of nitrogens with zero attached hydrogens (tertiary/aromatic N) is 3. The van der Waals surface area contributed by atoms with Crippen molar-refractivity contribution < 1.29 is 4.79 Å². The Hall–Kier alpha value is -2.40. The first-order valence-corrected chi connectivity index (χ1v) is 11.8. The molecule has 0 unspecified atom stereocenters. The molecule has 0 saturated carbocycles. The fraction of sp³-hybridized carbons (Fsp3) is 0.273. The van der Waals surface area contributed by atoms with Gasteiger partial charge in [-0.3, -0.25) is 4.79 Å². The predicted molar refractivity (Wildman–Crippen MR) is 122 cm³/mol. The van der Waals surface area contributed by atoms with E-state index in [2.05, 4.69) is 21.4 Å². The Morgan fingerprint density at radius 2 is 2.03 bits per heavy atom. The van der Waals surface area contributed by atoms with E-state index in [4.69, 9.17) is 11.6 Å². The maximum atomic E-state index is 12.5. The Kier molecular flexibility index (Phi) is 6.38. The minimum atomic E-state index is -0.159. The summed E-state index contributed by atoms with van der Waals surface area (Å²) in [7, 11) is 0. The molecule has 4 rings (SSSR count). The molecule has 0 saturated heterocycles. The van der Waals surface area contributed by atoms with Gasteiger partial charge in [0.05, 0.1) is 17.0 Å². The Morgan fingerprint density at radius 3 is 2.80 bits per heavy atom. The van der Waals surface area contributed by atoms with E-state index in [0.717, 1.165) is 48.2 Å². The number of rotatable bonds is 5. The van der Waals surface area contributed by atoms with Crippen LogP contribution in [0.3, 0.4) is 0 Å². The predicted octanol–water partition coefficient (Wildman–Crippen LogP) is 5.65. The average Bonchev–Trinajstić information content (AvgIpc) is 3.09. The maximum Gasteiger partial charge on any atom is 0.235 e. The van der Waals surface area contributed by atoms with Crippen molar-refractivity contribution in [3.63, 3.8) is 0 Å². The second-order valence-electron chi connectivity index (χ2n) is 7.05. The number of hydrogen-bond donors (Lipinski definition) is 1. The van der Waals surface area contributed by atoms with Crippen LogP contribution >= 0.6 is 34.7 Å². The van der Waals surface area contributed by atoms with E-state index >= 15 is 0 Å². The van der Waals surface area contributed by atoms with Gasteiger partial charge in [-0.1, -0.05) is 35.5 Å². The summed E-state index contributed by atoms with van der Waals surface area (Å²) in [6.07, 6.45) is 4.15. The van der Waals surface area contributed by atoms with Gasteiger partial charge in [0.15, 0.2) is 5.16 Å². The molecular formula is C22H19ClN4OS2. The molecule has 1 aliphatic carbocycles. The molecule has 2 aromatic heterocycles. The van der Waals surface area contributed by atoms with Crippen molar-refractivity contribution >= 4 is 45.6 Å². The number of thioether (sulfide) groups is 1. The van der Waals surface area contributed by atoms with Crippen LogP contribution in [0.1, 0.15) is 34.5 Å². The minimum absolute atomic E-state index is 0.159. The highest BCUT2D eigenvalue weighted by Crippen LogP contribution is 2.37. The van der Waals surface area contributed by atoms with Crippen molar-refractivity contribution in [2.24, 2.45) is 0 Å². The van der Waals surface area contributed by atoms with Crippen LogP contribution in [0.5, 0.6) is 0 Å². The summed E-state index contributed by atoms with van der Waals surface area (Å²) in [6.45, 7) is 1.90. The van der Waals surface area contributed by atoms with Gasteiger partial charge in [-0.05, 0) is 56.4 Å². The van der Waals surface area contributed by atoms with Crippen molar-refractivity contribution in [3.8, 4) is 17.3 Å². The van der Waals surface area contributed by atoms with Gasteiger partial charge in [0.2, 0.25) is 5.91 Å². The van der Waals surface area contributed by atoms with Crippen molar-refractivity contribution in [3.05, 3.63) is 57.1 Å². The lowest BCUT2D eigenvalue weighted by Crippen LogP contribution is -2.14. The smallest absolute Gasteiger partial charge is 0.235 e. The van der Waals surface area contributed by atoms with Crippen molar-refractivity contribution in [1.82, 2.24) is 9.97 Å². The molecule has 0 atom stereocenters. The van der Waals surface area contributed by atoms with Crippen molar-refractivity contribution in [2.75, 3.05) is 11.1 Å². The first-order chi connectivity index (χ1) is 14.5. The number of carbonyl (C=O) groups excluding carboxylic acids is 1. The van der Waals surface area contributed by atoms with Crippen LogP contribution in [0.25, 0.3) is 11.3 Å². The Labute approximate surface area is 188 Å². The molecule has 0 fully saturated rings. The molecule has 5 nitrogen and oxygen atoms in total. The number of benzene rings is 1. The lowest BCUT2D eigenvalue weighted by Gasteiger charge is -2.09.